The van der Waals surface area contributed by atoms with E-state index >= 15 is 0 Å². The van der Waals surface area contributed by atoms with Crippen molar-refractivity contribution in [3.05, 3.63) is 68.2 Å². The summed E-state index contributed by atoms with van der Waals surface area (Å²) < 4.78 is 6.74. The molecule has 0 aliphatic rings. The molecule has 3 rings (SSSR count). The number of hydrogen-bond acceptors (Lipinski definition) is 2. The van der Waals surface area contributed by atoms with Crippen molar-refractivity contribution >= 4 is 50.0 Å². The summed E-state index contributed by atoms with van der Waals surface area (Å²) in [5.41, 5.74) is 2.83. The monoisotopic (exact) mass is 395 g/mol. The zero-order valence-electron chi connectivity index (χ0n) is 11.7. The Morgan fingerprint density at radius 3 is 2.59 bits per heavy atom. The molecule has 5 heteroatoms. The topological polar surface area (TPSA) is 22.1 Å². The highest BCUT2D eigenvalue weighted by atomic mass is 79.9. The van der Waals surface area contributed by atoms with E-state index in [0.717, 1.165) is 26.5 Å². The standard InChI is InChI=1S/C17H12BrCl2NO/c1-10-7-12(18)8-13-14(19)16(17(20)21-15(10)13)22-9-11-5-3-2-4-6-11/h2-8H,9H2,1H3. The highest BCUT2D eigenvalue weighted by Gasteiger charge is 2.16. The molecule has 0 aliphatic carbocycles. The van der Waals surface area contributed by atoms with E-state index in [1.54, 1.807) is 0 Å². The minimum atomic E-state index is 0.277. The van der Waals surface area contributed by atoms with E-state index in [4.69, 9.17) is 27.9 Å². The second kappa shape index (κ2) is 6.45. The number of fused-ring (bicyclic) bond motifs is 1. The van der Waals surface area contributed by atoms with Crippen LogP contribution in [0.4, 0.5) is 0 Å². The van der Waals surface area contributed by atoms with Crippen LogP contribution in [0.1, 0.15) is 11.1 Å². The van der Waals surface area contributed by atoms with Crippen molar-refractivity contribution in [3.8, 4) is 5.75 Å². The molecule has 0 bridgehead atoms. The largest absolute Gasteiger partial charge is 0.484 e. The van der Waals surface area contributed by atoms with Gasteiger partial charge < -0.3 is 4.74 Å². The maximum atomic E-state index is 6.49. The molecule has 2 nitrogen and oxygen atoms in total. The summed E-state index contributed by atoms with van der Waals surface area (Å²) in [5.74, 6) is 0.414. The number of benzene rings is 2. The van der Waals surface area contributed by atoms with Gasteiger partial charge in [0.15, 0.2) is 10.9 Å². The smallest absolute Gasteiger partial charge is 0.176 e. The second-order valence-electron chi connectivity index (χ2n) is 4.94. The van der Waals surface area contributed by atoms with Crippen LogP contribution in [0.2, 0.25) is 10.2 Å². The van der Waals surface area contributed by atoms with Crippen molar-refractivity contribution < 1.29 is 4.74 Å². The first-order valence-corrected chi connectivity index (χ1v) is 8.22. The molecule has 1 heterocycles. The van der Waals surface area contributed by atoms with Crippen LogP contribution in [-0.2, 0) is 6.61 Å². The molecular weight excluding hydrogens is 385 g/mol. The van der Waals surface area contributed by atoms with Crippen LogP contribution < -0.4 is 4.74 Å². The van der Waals surface area contributed by atoms with Gasteiger partial charge in [0.05, 0.1) is 10.5 Å². The van der Waals surface area contributed by atoms with Crippen LogP contribution >= 0.6 is 39.1 Å². The van der Waals surface area contributed by atoms with E-state index in [1.165, 1.54) is 0 Å². The molecule has 0 saturated heterocycles. The van der Waals surface area contributed by atoms with Gasteiger partial charge in [-0.05, 0) is 30.2 Å². The second-order valence-corrected chi connectivity index (χ2v) is 6.59. The van der Waals surface area contributed by atoms with Gasteiger partial charge in [-0.1, -0.05) is 69.5 Å². The van der Waals surface area contributed by atoms with Gasteiger partial charge >= 0.3 is 0 Å². The van der Waals surface area contributed by atoms with Crippen LogP contribution in [0.3, 0.4) is 0 Å². The zero-order chi connectivity index (χ0) is 15.7. The van der Waals surface area contributed by atoms with E-state index in [-0.39, 0.29) is 5.15 Å². The van der Waals surface area contributed by atoms with E-state index in [2.05, 4.69) is 20.9 Å². The first-order chi connectivity index (χ1) is 10.6. The first-order valence-electron chi connectivity index (χ1n) is 6.68. The Kier molecular flexibility index (Phi) is 4.57. The number of pyridine rings is 1. The number of aryl methyl sites for hydroxylation is 1. The molecule has 0 saturated carbocycles. The Hall–Kier alpha value is -1.29. The van der Waals surface area contributed by atoms with Gasteiger partial charge in [0.25, 0.3) is 0 Å². The molecule has 22 heavy (non-hydrogen) atoms. The number of aromatic nitrogens is 1. The molecule has 0 fully saturated rings. The summed E-state index contributed by atoms with van der Waals surface area (Å²) in [5, 5.41) is 1.58. The summed E-state index contributed by atoms with van der Waals surface area (Å²) in [6, 6.07) is 13.7. The van der Waals surface area contributed by atoms with Crippen LogP contribution in [0, 0.1) is 6.92 Å². The van der Waals surface area contributed by atoms with Crippen LogP contribution in [0.15, 0.2) is 46.9 Å². The predicted octanol–water partition coefficient (Wildman–Crippen LogP) is 6.19. The number of hydrogen-bond donors (Lipinski definition) is 0. The Bertz CT molecular complexity index is 837. The third-order valence-corrected chi connectivity index (χ3v) is 4.41. The third-order valence-electron chi connectivity index (χ3n) is 3.32. The van der Waals surface area contributed by atoms with Gasteiger partial charge in [0, 0.05) is 9.86 Å². The molecule has 0 N–H and O–H groups in total. The number of nitrogens with zero attached hydrogens (tertiary/aromatic N) is 1. The van der Waals surface area contributed by atoms with Crippen molar-refractivity contribution in [2.45, 2.75) is 13.5 Å². The molecule has 112 valence electrons. The molecular formula is C17H12BrCl2NO. The predicted molar refractivity (Wildman–Crippen MR) is 95.0 cm³/mol. The van der Waals surface area contributed by atoms with E-state index in [9.17, 15) is 0 Å². The lowest BCUT2D eigenvalue weighted by Gasteiger charge is -2.13. The lowest BCUT2D eigenvalue weighted by Crippen LogP contribution is -1.98. The van der Waals surface area contributed by atoms with E-state index in [0.29, 0.717) is 17.4 Å². The molecule has 0 spiro atoms. The Balaban J connectivity index is 2.03. The van der Waals surface area contributed by atoms with Crippen molar-refractivity contribution in [1.82, 2.24) is 4.98 Å². The van der Waals surface area contributed by atoms with Gasteiger partial charge in [-0.25, -0.2) is 4.98 Å². The van der Waals surface area contributed by atoms with Crippen molar-refractivity contribution in [3.63, 3.8) is 0 Å². The van der Waals surface area contributed by atoms with Gasteiger partial charge in [-0.2, -0.15) is 0 Å². The molecule has 0 atom stereocenters. The maximum absolute atomic E-state index is 6.49. The number of halogens is 3. The fraction of sp³-hybridized carbons (Fsp3) is 0.118. The van der Waals surface area contributed by atoms with Gasteiger partial charge in [0.1, 0.15) is 6.61 Å². The van der Waals surface area contributed by atoms with Gasteiger partial charge in [-0.3, -0.25) is 0 Å². The molecule has 3 aromatic rings. The fourth-order valence-corrected chi connectivity index (χ4v) is 3.41. The van der Waals surface area contributed by atoms with Crippen molar-refractivity contribution in [2.24, 2.45) is 0 Å². The van der Waals surface area contributed by atoms with Crippen LogP contribution in [0.25, 0.3) is 10.9 Å². The van der Waals surface area contributed by atoms with Crippen molar-refractivity contribution in [1.29, 1.82) is 0 Å². The fourth-order valence-electron chi connectivity index (χ4n) is 2.27. The minimum absolute atomic E-state index is 0.277. The average Bonchev–Trinajstić information content (AvgIpc) is 2.49. The molecule has 1 aromatic heterocycles. The molecule has 2 aromatic carbocycles. The average molecular weight is 397 g/mol. The number of rotatable bonds is 3. The molecule has 0 amide bonds. The summed E-state index contributed by atoms with van der Waals surface area (Å²) in [4.78, 5) is 4.42. The lowest BCUT2D eigenvalue weighted by atomic mass is 10.1. The van der Waals surface area contributed by atoms with Crippen LogP contribution in [-0.4, -0.2) is 4.98 Å². The summed E-state index contributed by atoms with van der Waals surface area (Å²) >= 11 is 16.2. The first kappa shape index (κ1) is 15.6. The molecule has 0 radical (unpaired) electrons. The normalized spacial score (nSPS) is 10.9. The lowest BCUT2D eigenvalue weighted by molar-refractivity contribution is 0.306. The Labute approximate surface area is 147 Å². The van der Waals surface area contributed by atoms with E-state index < -0.39 is 0 Å². The van der Waals surface area contributed by atoms with Crippen LogP contribution in [0.5, 0.6) is 5.75 Å². The Morgan fingerprint density at radius 1 is 1.14 bits per heavy atom. The summed E-state index contributed by atoms with van der Waals surface area (Å²) in [6.45, 7) is 2.36. The SMILES string of the molecule is Cc1cc(Br)cc2c(Cl)c(OCc3ccccc3)c(Cl)nc12. The molecule has 0 aliphatic heterocycles. The Morgan fingerprint density at radius 2 is 1.86 bits per heavy atom. The quantitative estimate of drug-likeness (QED) is 0.492. The summed E-state index contributed by atoms with van der Waals surface area (Å²) in [7, 11) is 0. The summed E-state index contributed by atoms with van der Waals surface area (Å²) in [6.07, 6.45) is 0. The maximum Gasteiger partial charge on any atom is 0.176 e. The van der Waals surface area contributed by atoms with Gasteiger partial charge in [0.2, 0.25) is 0 Å². The number of ether oxygens (including phenoxy) is 1. The third kappa shape index (κ3) is 3.07. The molecule has 0 unspecified atom stereocenters. The highest BCUT2D eigenvalue weighted by molar-refractivity contribution is 9.10. The van der Waals surface area contributed by atoms with Crippen molar-refractivity contribution in [2.75, 3.05) is 0 Å². The highest BCUT2D eigenvalue weighted by Crippen LogP contribution is 2.39. The van der Waals surface area contributed by atoms with E-state index in [1.807, 2.05) is 49.4 Å². The van der Waals surface area contributed by atoms with Gasteiger partial charge in [-0.15, -0.1) is 0 Å². The minimum Gasteiger partial charge on any atom is -0.484 e. The zero-order valence-corrected chi connectivity index (χ0v) is 14.8.